The maximum Gasteiger partial charge on any atom is 0.193 e. The normalized spacial score (nSPS) is 13.1. The molecule has 0 amide bonds. The minimum Gasteiger partial charge on any atom is -0.492 e. The van der Waals surface area contributed by atoms with Crippen molar-refractivity contribution in [2.75, 3.05) is 26.9 Å². The van der Waals surface area contributed by atoms with Crippen LogP contribution in [0.25, 0.3) is 22.1 Å². The van der Waals surface area contributed by atoms with Crippen LogP contribution in [0.1, 0.15) is 30.3 Å². The van der Waals surface area contributed by atoms with Crippen LogP contribution >= 0.6 is 11.3 Å². The highest BCUT2D eigenvalue weighted by molar-refractivity contribution is 7.15. The molecule has 3 aromatic rings. The molecule has 148 valence electrons. The average Bonchev–Trinajstić information content (AvgIpc) is 3.30. The van der Waals surface area contributed by atoms with Gasteiger partial charge in [-0.3, -0.25) is 0 Å². The van der Waals surface area contributed by atoms with Crippen LogP contribution in [0, 0.1) is 0 Å². The maximum atomic E-state index is 6.03. The molecule has 0 fully saturated rings. The molecule has 3 heterocycles. The summed E-state index contributed by atoms with van der Waals surface area (Å²) in [6.07, 6.45) is 2.62. The molecule has 1 aliphatic heterocycles. The standard InChI is InChI=1S/C20H25N5O2S/c1-13(2)25-12-22-24-19(25)20-23-18-15-5-4-14(11-21-7-9-26-3)10-16(15)27-8-6-17(18)28-20/h4-5,10,12-13,21H,6-9,11H2,1-3H3. The predicted octanol–water partition coefficient (Wildman–Crippen LogP) is 3.32. The molecular formula is C20H25N5O2S. The summed E-state index contributed by atoms with van der Waals surface area (Å²) in [6, 6.07) is 6.65. The van der Waals surface area contributed by atoms with Crippen LogP contribution in [-0.2, 0) is 17.7 Å². The van der Waals surface area contributed by atoms with E-state index in [0.717, 1.165) is 47.3 Å². The molecule has 0 atom stereocenters. The molecule has 0 saturated carbocycles. The van der Waals surface area contributed by atoms with Crippen LogP contribution in [-0.4, -0.2) is 46.6 Å². The lowest BCUT2D eigenvalue weighted by Gasteiger charge is -2.10. The molecule has 1 N–H and O–H groups in total. The van der Waals surface area contributed by atoms with Gasteiger partial charge in [0.15, 0.2) is 10.8 Å². The number of hydrogen-bond donors (Lipinski definition) is 1. The molecule has 0 spiro atoms. The van der Waals surface area contributed by atoms with E-state index >= 15 is 0 Å². The van der Waals surface area contributed by atoms with E-state index in [-0.39, 0.29) is 6.04 Å². The minimum atomic E-state index is 0.289. The van der Waals surface area contributed by atoms with Gasteiger partial charge in [0, 0.05) is 43.1 Å². The lowest BCUT2D eigenvalue weighted by Crippen LogP contribution is -2.18. The van der Waals surface area contributed by atoms with Crippen molar-refractivity contribution in [2.24, 2.45) is 0 Å². The van der Waals surface area contributed by atoms with E-state index in [2.05, 4.69) is 52.1 Å². The van der Waals surface area contributed by atoms with Crippen LogP contribution in [0.5, 0.6) is 5.75 Å². The van der Waals surface area contributed by atoms with Gasteiger partial charge < -0.3 is 19.4 Å². The Morgan fingerprint density at radius 1 is 1.36 bits per heavy atom. The van der Waals surface area contributed by atoms with Gasteiger partial charge in [0.2, 0.25) is 0 Å². The topological polar surface area (TPSA) is 74.1 Å². The Morgan fingerprint density at radius 3 is 3.07 bits per heavy atom. The third-order valence-corrected chi connectivity index (χ3v) is 5.83. The molecule has 8 heteroatoms. The van der Waals surface area contributed by atoms with E-state index in [1.807, 2.05) is 0 Å². The van der Waals surface area contributed by atoms with Crippen molar-refractivity contribution < 1.29 is 9.47 Å². The van der Waals surface area contributed by atoms with Crippen molar-refractivity contribution in [1.29, 1.82) is 0 Å². The first-order valence-corrected chi connectivity index (χ1v) is 10.3. The summed E-state index contributed by atoms with van der Waals surface area (Å²) in [5.74, 6) is 1.72. The minimum absolute atomic E-state index is 0.289. The van der Waals surface area contributed by atoms with Crippen molar-refractivity contribution in [3.63, 3.8) is 0 Å². The summed E-state index contributed by atoms with van der Waals surface area (Å²) in [5, 5.41) is 12.7. The number of benzene rings is 1. The van der Waals surface area contributed by atoms with Crippen LogP contribution in [0.3, 0.4) is 0 Å². The van der Waals surface area contributed by atoms with Crippen molar-refractivity contribution >= 4 is 11.3 Å². The number of nitrogens with one attached hydrogen (secondary N) is 1. The smallest absolute Gasteiger partial charge is 0.193 e. The SMILES string of the molecule is COCCNCc1ccc2c(c1)OCCc1sc(-c3nncn3C(C)C)nc1-2. The first-order valence-electron chi connectivity index (χ1n) is 9.52. The Balaban J connectivity index is 1.63. The highest BCUT2D eigenvalue weighted by Gasteiger charge is 2.23. The molecular weight excluding hydrogens is 374 g/mol. The summed E-state index contributed by atoms with van der Waals surface area (Å²) in [4.78, 5) is 6.17. The summed E-state index contributed by atoms with van der Waals surface area (Å²) >= 11 is 1.68. The van der Waals surface area contributed by atoms with Crippen LogP contribution in [0.2, 0.25) is 0 Å². The zero-order valence-corrected chi connectivity index (χ0v) is 17.3. The van der Waals surface area contributed by atoms with Gasteiger partial charge in [0.1, 0.15) is 12.1 Å². The van der Waals surface area contributed by atoms with Gasteiger partial charge in [-0.1, -0.05) is 6.07 Å². The Morgan fingerprint density at radius 2 is 2.25 bits per heavy atom. The van der Waals surface area contributed by atoms with Crippen molar-refractivity contribution in [3.05, 3.63) is 35.0 Å². The van der Waals surface area contributed by atoms with Crippen molar-refractivity contribution in [1.82, 2.24) is 25.1 Å². The number of hydrogen-bond acceptors (Lipinski definition) is 7. The molecule has 0 radical (unpaired) electrons. The maximum absolute atomic E-state index is 6.03. The fraction of sp³-hybridized carbons (Fsp3) is 0.450. The highest BCUT2D eigenvalue weighted by atomic mass is 32.1. The third-order valence-electron chi connectivity index (χ3n) is 4.72. The molecule has 1 aliphatic rings. The first kappa shape index (κ1) is 19.0. The number of methoxy groups -OCH3 is 1. The van der Waals surface area contributed by atoms with Gasteiger partial charge in [0.05, 0.1) is 18.9 Å². The number of fused-ring (bicyclic) bond motifs is 3. The van der Waals surface area contributed by atoms with Crippen molar-refractivity contribution in [3.8, 4) is 27.8 Å². The van der Waals surface area contributed by atoms with E-state index in [9.17, 15) is 0 Å². The number of aromatic nitrogens is 4. The zero-order chi connectivity index (χ0) is 19.5. The third kappa shape index (κ3) is 3.80. The molecule has 0 aliphatic carbocycles. The second-order valence-corrected chi connectivity index (χ2v) is 8.13. The van der Waals surface area contributed by atoms with E-state index in [0.29, 0.717) is 13.2 Å². The summed E-state index contributed by atoms with van der Waals surface area (Å²) in [7, 11) is 1.71. The Bertz CT molecular complexity index is 950. The van der Waals surface area contributed by atoms with E-state index < -0.39 is 0 Å². The Kier molecular flexibility index (Phi) is 5.70. The molecule has 28 heavy (non-hydrogen) atoms. The molecule has 2 aromatic heterocycles. The second-order valence-electron chi connectivity index (χ2n) is 7.04. The fourth-order valence-corrected chi connectivity index (χ4v) is 4.30. The van der Waals surface area contributed by atoms with E-state index in [1.54, 1.807) is 24.8 Å². The molecule has 7 nitrogen and oxygen atoms in total. The highest BCUT2D eigenvalue weighted by Crippen LogP contribution is 2.40. The first-order chi connectivity index (χ1) is 13.7. The average molecular weight is 400 g/mol. The van der Waals surface area contributed by atoms with E-state index in [4.69, 9.17) is 14.5 Å². The number of nitrogens with zero attached hydrogens (tertiary/aromatic N) is 4. The van der Waals surface area contributed by atoms with Crippen LogP contribution in [0.4, 0.5) is 0 Å². The second kappa shape index (κ2) is 8.38. The number of thiazole rings is 1. The molecule has 0 bridgehead atoms. The van der Waals surface area contributed by atoms with Gasteiger partial charge in [-0.15, -0.1) is 21.5 Å². The van der Waals surface area contributed by atoms with Gasteiger partial charge in [-0.2, -0.15) is 0 Å². The Labute approximate surface area is 168 Å². The lowest BCUT2D eigenvalue weighted by atomic mass is 10.1. The Hall–Kier alpha value is -2.29. The summed E-state index contributed by atoms with van der Waals surface area (Å²) in [6.45, 7) is 7.21. The zero-order valence-electron chi connectivity index (χ0n) is 16.4. The van der Waals surface area contributed by atoms with Crippen LogP contribution < -0.4 is 10.1 Å². The monoisotopic (exact) mass is 399 g/mol. The molecule has 1 aromatic carbocycles. The summed E-state index contributed by atoms with van der Waals surface area (Å²) in [5.41, 5.74) is 3.24. The van der Waals surface area contributed by atoms with Gasteiger partial charge in [-0.25, -0.2) is 4.98 Å². The van der Waals surface area contributed by atoms with Crippen molar-refractivity contribution in [2.45, 2.75) is 32.9 Å². The quantitative estimate of drug-likeness (QED) is 0.615. The van der Waals surface area contributed by atoms with E-state index in [1.165, 1.54) is 10.4 Å². The number of ether oxygens (including phenoxy) is 2. The van der Waals surface area contributed by atoms with Gasteiger partial charge in [0.25, 0.3) is 0 Å². The number of rotatable bonds is 7. The van der Waals surface area contributed by atoms with Gasteiger partial charge in [-0.05, 0) is 31.5 Å². The predicted molar refractivity (Wildman–Crippen MR) is 110 cm³/mol. The summed E-state index contributed by atoms with van der Waals surface area (Å²) < 4.78 is 13.2. The lowest BCUT2D eigenvalue weighted by molar-refractivity contribution is 0.199. The molecule has 0 unspecified atom stereocenters. The van der Waals surface area contributed by atoms with Gasteiger partial charge >= 0.3 is 0 Å². The molecule has 4 rings (SSSR count). The largest absolute Gasteiger partial charge is 0.492 e. The molecule has 0 saturated heterocycles. The fourth-order valence-electron chi connectivity index (χ4n) is 3.25. The van der Waals surface area contributed by atoms with Crippen LogP contribution in [0.15, 0.2) is 24.5 Å².